The first kappa shape index (κ1) is 28.4. The van der Waals surface area contributed by atoms with E-state index >= 15 is 0 Å². The van der Waals surface area contributed by atoms with Gasteiger partial charge in [-0.1, -0.05) is 39.3 Å². The van der Waals surface area contributed by atoms with Gasteiger partial charge >= 0.3 is 17.9 Å². The van der Waals surface area contributed by atoms with Crippen LogP contribution in [0, 0.1) is 34.0 Å². The van der Waals surface area contributed by atoms with Crippen LogP contribution in [0.15, 0.2) is 45.8 Å². The van der Waals surface area contributed by atoms with E-state index in [9.17, 15) is 19.2 Å². The second-order valence-electron chi connectivity index (χ2n) is 13.0. The van der Waals surface area contributed by atoms with Crippen LogP contribution < -0.4 is 0 Å². The van der Waals surface area contributed by atoms with Gasteiger partial charge in [0.15, 0.2) is 0 Å². The molecule has 4 aliphatic rings. The van der Waals surface area contributed by atoms with Gasteiger partial charge in [-0.15, -0.1) is 0 Å². The Kier molecular flexibility index (Phi) is 6.91. The zero-order chi connectivity index (χ0) is 29.2. The molecule has 1 unspecified atom stereocenters. The summed E-state index contributed by atoms with van der Waals surface area (Å²) in [4.78, 5) is 53.3. The van der Waals surface area contributed by atoms with Crippen LogP contribution in [-0.4, -0.2) is 36.9 Å². The Morgan fingerprint density at radius 3 is 2.52 bits per heavy atom. The molecule has 0 radical (unpaired) electrons. The summed E-state index contributed by atoms with van der Waals surface area (Å²) in [7, 11) is 1.35. The minimum atomic E-state index is -0.894. The number of esters is 3. The fraction of sp³-hybridized carbons (Fsp3) is 0.625. The van der Waals surface area contributed by atoms with Crippen LogP contribution in [0.3, 0.4) is 0 Å². The summed E-state index contributed by atoms with van der Waals surface area (Å²) in [5, 5.41) is 0. The number of allylic oxidation sites excluding steroid dienone is 2. The van der Waals surface area contributed by atoms with E-state index in [1.165, 1.54) is 7.11 Å². The number of furan rings is 1. The van der Waals surface area contributed by atoms with Crippen LogP contribution >= 0.6 is 0 Å². The van der Waals surface area contributed by atoms with Crippen molar-refractivity contribution in [1.82, 2.24) is 0 Å². The highest BCUT2D eigenvalue weighted by atomic mass is 16.6. The number of rotatable bonds is 5. The highest BCUT2D eigenvalue weighted by Crippen LogP contribution is 2.68. The quantitative estimate of drug-likeness (QED) is 0.199. The summed E-state index contributed by atoms with van der Waals surface area (Å²) in [6.07, 6.45) is 5.69. The molecule has 216 valence electrons. The molecule has 2 saturated carbocycles. The number of hydrogen-bond donors (Lipinski definition) is 0. The van der Waals surface area contributed by atoms with Gasteiger partial charge in [-0.2, -0.15) is 0 Å². The Morgan fingerprint density at radius 2 is 1.90 bits per heavy atom. The molecule has 1 aromatic rings. The standard InChI is InChI=1S/C32H40O8/c1-8-17(2)29(36)40-28-20-13-19-21(32(6,26(20)35)23(30(28,3)4)15-24(33)37-7)9-11-31(5)22(19)14-25(34)39-27(31)18-10-12-38-16-18/h8,10,12,16,20-21,23,27-28H,9,11,13-15H2,1-7H3/b17-8-/t20?,21-,23-,27-,28-,31+,32-/m0/s1. The zero-order valence-electron chi connectivity index (χ0n) is 24.5. The molecule has 0 N–H and O–H groups in total. The molecule has 7 atom stereocenters. The molecule has 1 aliphatic heterocycles. The number of carbonyl (C=O) groups excluding carboxylic acids is 4. The minimum Gasteiger partial charge on any atom is -0.472 e. The Balaban J connectivity index is 1.68. The molecule has 3 aliphatic carbocycles. The van der Waals surface area contributed by atoms with E-state index in [4.69, 9.17) is 18.6 Å². The molecular weight excluding hydrogens is 512 g/mol. The summed E-state index contributed by atoms with van der Waals surface area (Å²) in [6.45, 7) is 11.6. The second kappa shape index (κ2) is 9.74. The normalized spacial score (nSPS) is 36.8. The van der Waals surface area contributed by atoms with E-state index in [0.29, 0.717) is 18.4 Å². The molecule has 0 spiro atoms. The Morgan fingerprint density at radius 1 is 1.18 bits per heavy atom. The van der Waals surface area contributed by atoms with Crippen molar-refractivity contribution in [2.75, 3.05) is 7.11 Å². The average Bonchev–Trinajstić information content (AvgIpc) is 3.45. The van der Waals surface area contributed by atoms with E-state index in [0.717, 1.165) is 23.1 Å². The summed E-state index contributed by atoms with van der Waals surface area (Å²) in [5.74, 6) is -2.32. The fourth-order valence-electron chi connectivity index (χ4n) is 8.52. The maximum atomic E-state index is 14.5. The van der Waals surface area contributed by atoms with Gasteiger partial charge < -0.3 is 18.6 Å². The van der Waals surface area contributed by atoms with Gasteiger partial charge in [0.25, 0.3) is 0 Å². The van der Waals surface area contributed by atoms with Crippen LogP contribution in [-0.2, 0) is 33.4 Å². The van der Waals surface area contributed by atoms with E-state index in [2.05, 4.69) is 6.92 Å². The van der Waals surface area contributed by atoms with Crippen LogP contribution in [0.25, 0.3) is 0 Å². The molecule has 2 heterocycles. The number of Topliss-reactive ketones (excluding diaryl/α,β-unsaturated/α-hetero) is 1. The van der Waals surface area contributed by atoms with E-state index in [1.54, 1.807) is 32.4 Å². The van der Waals surface area contributed by atoms with Crippen molar-refractivity contribution in [1.29, 1.82) is 0 Å². The maximum Gasteiger partial charge on any atom is 0.333 e. The van der Waals surface area contributed by atoms with Crippen molar-refractivity contribution in [2.45, 2.75) is 85.9 Å². The van der Waals surface area contributed by atoms with Crippen molar-refractivity contribution in [3.8, 4) is 0 Å². The third-order valence-electron chi connectivity index (χ3n) is 10.8. The van der Waals surface area contributed by atoms with Gasteiger partial charge in [-0.05, 0) is 56.6 Å². The number of carbonyl (C=O) groups is 4. The average molecular weight is 553 g/mol. The van der Waals surface area contributed by atoms with E-state index in [1.807, 2.05) is 26.8 Å². The van der Waals surface area contributed by atoms with Gasteiger partial charge in [0.1, 0.15) is 18.0 Å². The molecule has 1 aromatic heterocycles. The first-order chi connectivity index (χ1) is 18.8. The van der Waals surface area contributed by atoms with Gasteiger partial charge in [0.2, 0.25) is 0 Å². The largest absolute Gasteiger partial charge is 0.472 e. The fourth-order valence-corrected chi connectivity index (χ4v) is 8.52. The third-order valence-corrected chi connectivity index (χ3v) is 10.8. The number of cyclic esters (lactones) is 1. The topological polar surface area (TPSA) is 109 Å². The molecule has 1 saturated heterocycles. The van der Waals surface area contributed by atoms with Crippen molar-refractivity contribution in [3.05, 3.63) is 47.0 Å². The lowest BCUT2D eigenvalue weighted by atomic mass is 9.40. The summed E-state index contributed by atoms with van der Waals surface area (Å²) >= 11 is 0. The lowest BCUT2D eigenvalue weighted by Crippen LogP contribution is -2.66. The molecule has 3 fully saturated rings. The number of ketones is 1. The van der Waals surface area contributed by atoms with Gasteiger partial charge in [0, 0.05) is 33.8 Å². The van der Waals surface area contributed by atoms with E-state index in [-0.39, 0.29) is 30.5 Å². The monoisotopic (exact) mass is 552 g/mol. The molecule has 0 aromatic carbocycles. The smallest absolute Gasteiger partial charge is 0.333 e. The van der Waals surface area contributed by atoms with Gasteiger partial charge in [0.05, 0.1) is 32.0 Å². The van der Waals surface area contributed by atoms with Crippen LogP contribution in [0.1, 0.15) is 85.3 Å². The van der Waals surface area contributed by atoms with Crippen molar-refractivity contribution < 1.29 is 37.8 Å². The summed E-state index contributed by atoms with van der Waals surface area (Å²) in [5.41, 5.74) is 1.32. The first-order valence-corrected chi connectivity index (χ1v) is 14.2. The molecule has 40 heavy (non-hydrogen) atoms. The molecule has 8 nitrogen and oxygen atoms in total. The molecule has 5 rings (SSSR count). The van der Waals surface area contributed by atoms with Crippen LogP contribution in [0.4, 0.5) is 0 Å². The SMILES string of the molecule is C/C=C(/C)C(=O)O[C@H]1C2CC3=C4CC(=O)O[C@@H](c5ccoc5)[C@]4(C)CC[C@@H]3[C@](C)(C2=O)[C@@H](CC(=O)OC)C1(C)C. The molecular formula is C32H40O8. The molecule has 0 amide bonds. The molecule has 8 heteroatoms. The van der Waals surface area contributed by atoms with Crippen LogP contribution in [0.5, 0.6) is 0 Å². The first-order valence-electron chi connectivity index (χ1n) is 14.2. The third kappa shape index (κ3) is 4.00. The predicted octanol–water partition coefficient (Wildman–Crippen LogP) is 5.67. The van der Waals surface area contributed by atoms with Gasteiger partial charge in [-0.25, -0.2) is 4.79 Å². The van der Waals surface area contributed by atoms with Crippen molar-refractivity contribution in [3.63, 3.8) is 0 Å². The Hall–Kier alpha value is -3.16. The van der Waals surface area contributed by atoms with Crippen molar-refractivity contribution in [2.24, 2.45) is 34.0 Å². The Bertz CT molecular complexity index is 1300. The highest BCUT2D eigenvalue weighted by molar-refractivity contribution is 5.93. The predicted molar refractivity (Wildman–Crippen MR) is 144 cm³/mol. The van der Waals surface area contributed by atoms with Crippen molar-refractivity contribution >= 4 is 23.7 Å². The number of fused-ring (bicyclic) bond motifs is 5. The summed E-state index contributed by atoms with van der Waals surface area (Å²) < 4.78 is 22.5. The minimum absolute atomic E-state index is 0.0272. The van der Waals surface area contributed by atoms with Gasteiger partial charge in [-0.3, -0.25) is 14.4 Å². The lowest BCUT2D eigenvalue weighted by molar-refractivity contribution is -0.197. The highest BCUT2D eigenvalue weighted by Gasteiger charge is 2.68. The summed E-state index contributed by atoms with van der Waals surface area (Å²) in [6, 6.07) is 1.83. The Labute approximate surface area is 235 Å². The zero-order valence-corrected chi connectivity index (χ0v) is 24.5. The second-order valence-corrected chi connectivity index (χ2v) is 13.0. The van der Waals surface area contributed by atoms with Crippen LogP contribution in [0.2, 0.25) is 0 Å². The van der Waals surface area contributed by atoms with E-state index < -0.39 is 52.2 Å². The maximum absolute atomic E-state index is 14.5. The lowest BCUT2D eigenvalue weighted by Gasteiger charge is -2.63. The number of hydrogen-bond acceptors (Lipinski definition) is 8. The molecule has 2 bridgehead atoms. The number of methoxy groups -OCH3 is 1. The number of ether oxygens (including phenoxy) is 3.